The SMILES string of the molecule is Cc1ccc(C(=O)NC2(C(=O)O)CCOCC2)c(Cl)c1. The number of ether oxygens (including phenoxy) is 1. The minimum atomic E-state index is -1.27. The molecule has 6 heteroatoms. The largest absolute Gasteiger partial charge is 0.480 e. The summed E-state index contributed by atoms with van der Waals surface area (Å²) >= 11 is 6.03. The van der Waals surface area contributed by atoms with E-state index in [9.17, 15) is 14.7 Å². The Bertz CT molecular complexity index is 538. The van der Waals surface area contributed by atoms with E-state index < -0.39 is 17.4 Å². The van der Waals surface area contributed by atoms with Gasteiger partial charge in [0.2, 0.25) is 0 Å². The van der Waals surface area contributed by atoms with Crippen molar-refractivity contribution in [2.24, 2.45) is 0 Å². The molecule has 1 amide bonds. The third kappa shape index (κ3) is 2.94. The van der Waals surface area contributed by atoms with Gasteiger partial charge in [-0.1, -0.05) is 17.7 Å². The van der Waals surface area contributed by atoms with Crippen molar-refractivity contribution in [2.45, 2.75) is 25.3 Å². The number of amides is 1. The van der Waals surface area contributed by atoms with E-state index in [-0.39, 0.29) is 18.4 Å². The molecule has 2 N–H and O–H groups in total. The number of carbonyl (C=O) groups excluding carboxylic acids is 1. The van der Waals surface area contributed by atoms with Crippen LogP contribution in [0.25, 0.3) is 0 Å². The number of carboxylic acids is 1. The summed E-state index contributed by atoms with van der Waals surface area (Å²) in [5.74, 6) is -1.52. The first kappa shape index (κ1) is 14.8. The Kier molecular flexibility index (Phi) is 4.30. The Morgan fingerprint density at radius 3 is 2.55 bits per heavy atom. The first-order chi connectivity index (χ1) is 9.44. The number of carboxylic acid groups (broad SMARTS) is 1. The van der Waals surface area contributed by atoms with Gasteiger partial charge in [-0.2, -0.15) is 0 Å². The molecule has 20 heavy (non-hydrogen) atoms. The Balaban J connectivity index is 2.22. The van der Waals surface area contributed by atoms with Gasteiger partial charge in [-0.25, -0.2) is 4.79 Å². The van der Waals surface area contributed by atoms with Crippen molar-refractivity contribution < 1.29 is 19.4 Å². The van der Waals surface area contributed by atoms with Gasteiger partial charge in [0.05, 0.1) is 10.6 Å². The van der Waals surface area contributed by atoms with Gasteiger partial charge >= 0.3 is 5.97 Å². The zero-order valence-electron chi connectivity index (χ0n) is 11.1. The van der Waals surface area contributed by atoms with Crippen LogP contribution in [0.15, 0.2) is 18.2 Å². The van der Waals surface area contributed by atoms with Gasteiger partial charge in [0.15, 0.2) is 0 Å². The molecular formula is C14H16ClNO4. The van der Waals surface area contributed by atoms with Crippen molar-refractivity contribution in [3.05, 3.63) is 34.3 Å². The second-order valence-electron chi connectivity index (χ2n) is 4.94. The highest BCUT2D eigenvalue weighted by Crippen LogP contribution is 2.24. The smallest absolute Gasteiger partial charge is 0.329 e. The highest BCUT2D eigenvalue weighted by atomic mass is 35.5. The fraction of sp³-hybridized carbons (Fsp3) is 0.429. The van der Waals surface area contributed by atoms with Gasteiger partial charge < -0.3 is 15.2 Å². The van der Waals surface area contributed by atoms with Crippen molar-refractivity contribution in [1.29, 1.82) is 0 Å². The van der Waals surface area contributed by atoms with E-state index in [1.165, 1.54) is 0 Å². The average molecular weight is 298 g/mol. The number of carbonyl (C=O) groups is 2. The molecule has 1 aromatic rings. The summed E-state index contributed by atoms with van der Waals surface area (Å²) in [7, 11) is 0. The maximum atomic E-state index is 12.3. The maximum Gasteiger partial charge on any atom is 0.329 e. The third-order valence-electron chi connectivity index (χ3n) is 3.48. The molecule has 0 aromatic heterocycles. The predicted octanol–water partition coefficient (Wildman–Crippen LogP) is 2.01. The molecular weight excluding hydrogens is 282 g/mol. The maximum absolute atomic E-state index is 12.3. The van der Waals surface area contributed by atoms with Crippen LogP contribution in [0.5, 0.6) is 0 Å². The zero-order valence-corrected chi connectivity index (χ0v) is 11.9. The Morgan fingerprint density at radius 2 is 2.00 bits per heavy atom. The van der Waals surface area contributed by atoms with E-state index >= 15 is 0 Å². The number of rotatable bonds is 3. The van der Waals surface area contributed by atoms with E-state index in [0.29, 0.717) is 18.2 Å². The van der Waals surface area contributed by atoms with Crippen LogP contribution in [-0.2, 0) is 9.53 Å². The quantitative estimate of drug-likeness (QED) is 0.895. The molecule has 0 aliphatic carbocycles. The van der Waals surface area contributed by atoms with Crippen LogP contribution < -0.4 is 5.32 Å². The van der Waals surface area contributed by atoms with Gasteiger partial charge in [-0.3, -0.25) is 4.79 Å². The number of halogens is 1. The van der Waals surface area contributed by atoms with Gasteiger partial charge in [0, 0.05) is 26.1 Å². The molecule has 0 spiro atoms. The van der Waals surface area contributed by atoms with E-state index in [2.05, 4.69) is 5.32 Å². The van der Waals surface area contributed by atoms with E-state index in [1.807, 2.05) is 6.92 Å². The Hall–Kier alpha value is -1.59. The van der Waals surface area contributed by atoms with Gasteiger partial charge in [0.25, 0.3) is 5.91 Å². The standard InChI is InChI=1S/C14H16ClNO4/c1-9-2-3-10(11(15)8-9)12(17)16-14(13(18)19)4-6-20-7-5-14/h2-3,8H,4-7H2,1H3,(H,16,17)(H,18,19). The van der Waals surface area contributed by atoms with Crippen molar-refractivity contribution >= 4 is 23.5 Å². The van der Waals surface area contributed by atoms with Crippen LogP contribution >= 0.6 is 11.6 Å². The van der Waals surface area contributed by atoms with E-state index in [4.69, 9.17) is 16.3 Å². The first-order valence-electron chi connectivity index (χ1n) is 6.34. The third-order valence-corrected chi connectivity index (χ3v) is 3.79. The van der Waals surface area contributed by atoms with Crippen LogP contribution in [-0.4, -0.2) is 35.7 Å². The Morgan fingerprint density at radius 1 is 1.35 bits per heavy atom. The summed E-state index contributed by atoms with van der Waals surface area (Å²) in [6, 6.07) is 5.04. The normalized spacial score (nSPS) is 17.5. The average Bonchev–Trinajstić information content (AvgIpc) is 2.39. The second kappa shape index (κ2) is 5.81. The summed E-state index contributed by atoms with van der Waals surface area (Å²) in [5, 5.41) is 12.3. The van der Waals surface area contributed by atoms with E-state index in [0.717, 1.165) is 5.56 Å². The lowest BCUT2D eigenvalue weighted by molar-refractivity contribution is -0.148. The van der Waals surface area contributed by atoms with Crippen molar-refractivity contribution in [2.75, 3.05) is 13.2 Å². The molecule has 1 fully saturated rings. The zero-order chi connectivity index (χ0) is 14.8. The number of nitrogens with one attached hydrogen (secondary N) is 1. The van der Waals surface area contributed by atoms with Crippen molar-refractivity contribution in [3.63, 3.8) is 0 Å². The minimum absolute atomic E-state index is 0.248. The molecule has 0 atom stereocenters. The summed E-state index contributed by atoms with van der Waals surface area (Å²) < 4.78 is 5.16. The van der Waals surface area contributed by atoms with Gasteiger partial charge in [-0.15, -0.1) is 0 Å². The van der Waals surface area contributed by atoms with Crippen LogP contribution in [0, 0.1) is 6.92 Å². The van der Waals surface area contributed by atoms with Crippen LogP contribution in [0.1, 0.15) is 28.8 Å². The van der Waals surface area contributed by atoms with Crippen LogP contribution in [0.2, 0.25) is 5.02 Å². The summed E-state index contributed by atoms with van der Waals surface area (Å²) in [6.07, 6.45) is 0.495. The lowest BCUT2D eigenvalue weighted by Crippen LogP contribution is -2.57. The molecule has 0 radical (unpaired) electrons. The molecule has 1 heterocycles. The number of hydrogen-bond donors (Lipinski definition) is 2. The van der Waals surface area contributed by atoms with Crippen LogP contribution in [0.4, 0.5) is 0 Å². The van der Waals surface area contributed by atoms with Crippen molar-refractivity contribution in [1.82, 2.24) is 5.32 Å². The molecule has 108 valence electrons. The number of benzene rings is 1. The molecule has 1 aliphatic heterocycles. The molecule has 0 saturated carbocycles. The second-order valence-corrected chi connectivity index (χ2v) is 5.34. The summed E-state index contributed by atoms with van der Waals surface area (Å²) in [4.78, 5) is 23.7. The highest BCUT2D eigenvalue weighted by molar-refractivity contribution is 6.34. The molecule has 5 nitrogen and oxygen atoms in total. The molecule has 0 bridgehead atoms. The minimum Gasteiger partial charge on any atom is -0.480 e. The van der Waals surface area contributed by atoms with Gasteiger partial charge in [0.1, 0.15) is 5.54 Å². The predicted molar refractivity (Wildman–Crippen MR) is 74.1 cm³/mol. The lowest BCUT2D eigenvalue weighted by Gasteiger charge is -2.33. The Labute approximate surface area is 121 Å². The molecule has 1 saturated heterocycles. The molecule has 1 aromatic carbocycles. The summed E-state index contributed by atoms with van der Waals surface area (Å²) in [6.45, 7) is 2.49. The highest BCUT2D eigenvalue weighted by Gasteiger charge is 2.41. The van der Waals surface area contributed by atoms with Crippen LogP contribution in [0.3, 0.4) is 0 Å². The number of aryl methyl sites for hydroxylation is 1. The topological polar surface area (TPSA) is 75.6 Å². The first-order valence-corrected chi connectivity index (χ1v) is 6.72. The molecule has 1 aliphatic rings. The van der Waals surface area contributed by atoms with Gasteiger partial charge in [-0.05, 0) is 24.6 Å². The van der Waals surface area contributed by atoms with Crippen molar-refractivity contribution in [3.8, 4) is 0 Å². The monoisotopic (exact) mass is 297 g/mol. The fourth-order valence-electron chi connectivity index (χ4n) is 2.20. The van der Waals surface area contributed by atoms with E-state index in [1.54, 1.807) is 18.2 Å². The lowest BCUT2D eigenvalue weighted by atomic mass is 9.89. The number of hydrogen-bond acceptors (Lipinski definition) is 3. The fourth-order valence-corrected chi connectivity index (χ4v) is 2.52. The molecule has 0 unspecified atom stereocenters. The summed E-state index contributed by atoms with van der Waals surface area (Å²) in [5.41, 5.74) is -0.0567. The number of aliphatic carboxylic acids is 1. The molecule has 2 rings (SSSR count).